The molecule has 0 saturated carbocycles. The summed E-state index contributed by atoms with van der Waals surface area (Å²) in [5, 5.41) is 7.91. The predicted octanol–water partition coefficient (Wildman–Crippen LogP) is 4.86. The SMILES string of the molecule is Cc1ccc(-c2nnc([C@@H](C)OC(=O)c3ccc(F)cc3Br)o2)cc1. The minimum absolute atomic E-state index is 0.183. The molecule has 0 radical (unpaired) electrons. The van der Waals surface area contributed by atoms with Gasteiger partial charge in [0.1, 0.15) is 5.82 Å². The third kappa shape index (κ3) is 3.93. The predicted molar refractivity (Wildman–Crippen MR) is 92.4 cm³/mol. The van der Waals surface area contributed by atoms with E-state index >= 15 is 0 Å². The molecule has 7 heteroatoms. The van der Waals surface area contributed by atoms with Crippen LogP contribution in [0, 0.1) is 12.7 Å². The number of aromatic nitrogens is 2. The van der Waals surface area contributed by atoms with Gasteiger partial charge in [0.25, 0.3) is 5.89 Å². The summed E-state index contributed by atoms with van der Waals surface area (Å²) < 4.78 is 24.3. The highest BCUT2D eigenvalue weighted by Gasteiger charge is 2.21. The fraction of sp³-hybridized carbons (Fsp3) is 0.167. The lowest BCUT2D eigenvalue weighted by atomic mass is 10.1. The zero-order valence-electron chi connectivity index (χ0n) is 13.5. The van der Waals surface area contributed by atoms with Gasteiger partial charge in [-0.1, -0.05) is 17.7 Å². The van der Waals surface area contributed by atoms with Crippen molar-refractivity contribution < 1.29 is 18.3 Å². The first kappa shape index (κ1) is 17.3. The maximum absolute atomic E-state index is 13.1. The van der Waals surface area contributed by atoms with Gasteiger partial charge in [0.2, 0.25) is 5.89 Å². The van der Waals surface area contributed by atoms with Crippen LogP contribution in [0.4, 0.5) is 4.39 Å². The number of aryl methyl sites for hydroxylation is 1. The van der Waals surface area contributed by atoms with Gasteiger partial charge < -0.3 is 9.15 Å². The molecule has 1 atom stereocenters. The van der Waals surface area contributed by atoms with Gasteiger partial charge in [-0.3, -0.25) is 0 Å². The monoisotopic (exact) mass is 404 g/mol. The highest BCUT2D eigenvalue weighted by Crippen LogP contribution is 2.25. The largest absolute Gasteiger partial charge is 0.449 e. The molecule has 0 fully saturated rings. The first-order valence-corrected chi connectivity index (χ1v) is 8.30. The van der Waals surface area contributed by atoms with Gasteiger partial charge in [-0.25, -0.2) is 9.18 Å². The normalized spacial score (nSPS) is 12.0. The summed E-state index contributed by atoms with van der Waals surface area (Å²) in [5.41, 5.74) is 2.12. The molecule has 0 bridgehead atoms. The maximum atomic E-state index is 13.1. The fourth-order valence-corrected chi connectivity index (χ4v) is 2.65. The van der Waals surface area contributed by atoms with Crippen molar-refractivity contribution in [2.75, 3.05) is 0 Å². The number of carbonyl (C=O) groups excluding carboxylic acids is 1. The Morgan fingerprint density at radius 2 is 1.92 bits per heavy atom. The molecule has 0 unspecified atom stereocenters. The summed E-state index contributed by atoms with van der Waals surface area (Å²) in [7, 11) is 0. The molecule has 1 aromatic heterocycles. The van der Waals surface area contributed by atoms with Gasteiger partial charge in [0.15, 0.2) is 6.10 Å². The number of carbonyl (C=O) groups is 1. The molecule has 3 aromatic rings. The van der Waals surface area contributed by atoms with Crippen LogP contribution in [-0.4, -0.2) is 16.2 Å². The molecule has 0 aliphatic rings. The molecule has 0 spiro atoms. The minimum Gasteiger partial charge on any atom is -0.449 e. The van der Waals surface area contributed by atoms with E-state index in [1.54, 1.807) is 6.92 Å². The van der Waals surface area contributed by atoms with Crippen LogP contribution in [0.15, 0.2) is 51.4 Å². The smallest absolute Gasteiger partial charge is 0.340 e. The molecule has 0 saturated heterocycles. The third-order valence-electron chi connectivity index (χ3n) is 3.52. The van der Waals surface area contributed by atoms with E-state index in [2.05, 4.69) is 26.1 Å². The number of halogens is 2. The van der Waals surface area contributed by atoms with E-state index in [1.165, 1.54) is 18.2 Å². The molecule has 5 nitrogen and oxygen atoms in total. The average Bonchev–Trinajstić information content (AvgIpc) is 3.05. The number of ether oxygens (including phenoxy) is 1. The number of hydrogen-bond donors (Lipinski definition) is 0. The average molecular weight is 405 g/mol. The van der Waals surface area contributed by atoms with Crippen LogP contribution in [0.3, 0.4) is 0 Å². The van der Waals surface area contributed by atoms with Gasteiger partial charge in [-0.2, -0.15) is 0 Å². The first-order valence-electron chi connectivity index (χ1n) is 7.50. The van der Waals surface area contributed by atoms with Crippen molar-refractivity contribution in [1.82, 2.24) is 10.2 Å². The van der Waals surface area contributed by atoms with Crippen molar-refractivity contribution in [1.29, 1.82) is 0 Å². The summed E-state index contributed by atoms with van der Waals surface area (Å²) in [6.45, 7) is 3.61. The van der Waals surface area contributed by atoms with Crippen molar-refractivity contribution in [3.63, 3.8) is 0 Å². The molecule has 0 aliphatic carbocycles. The molecule has 3 rings (SSSR count). The second kappa shape index (κ2) is 7.14. The molecule has 1 heterocycles. The molecular formula is C18H14BrFN2O3. The Morgan fingerprint density at radius 3 is 2.60 bits per heavy atom. The standard InChI is InChI=1S/C18H14BrFN2O3/c1-10-3-5-12(6-4-10)17-22-21-16(25-17)11(2)24-18(23)14-8-7-13(20)9-15(14)19/h3-9,11H,1-2H3/t11-/m1/s1. The Kier molecular flexibility index (Phi) is 4.94. The summed E-state index contributed by atoms with van der Waals surface area (Å²) in [6, 6.07) is 11.4. The van der Waals surface area contributed by atoms with Gasteiger partial charge in [0.05, 0.1) is 5.56 Å². The second-order valence-corrected chi connectivity index (χ2v) is 6.34. The summed E-state index contributed by atoms with van der Waals surface area (Å²) in [6.07, 6.45) is -0.740. The van der Waals surface area contributed by atoms with Crippen LogP contribution in [0.1, 0.15) is 34.8 Å². The van der Waals surface area contributed by atoms with Crippen molar-refractivity contribution in [2.45, 2.75) is 20.0 Å². The Bertz CT molecular complexity index is 909. The van der Waals surface area contributed by atoms with Crippen molar-refractivity contribution in [3.8, 4) is 11.5 Å². The zero-order chi connectivity index (χ0) is 18.0. The van der Waals surface area contributed by atoms with E-state index < -0.39 is 17.9 Å². The highest BCUT2D eigenvalue weighted by atomic mass is 79.9. The fourth-order valence-electron chi connectivity index (χ4n) is 2.14. The van der Waals surface area contributed by atoms with Crippen LogP contribution in [0.25, 0.3) is 11.5 Å². The van der Waals surface area contributed by atoms with E-state index in [1.807, 2.05) is 31.2 Å². The molecule has 0 aliphatic heterocycles. The summed E-state index contributed by atoms with van der Waals surface area (Å²) in [5.74, 6) is -0.534. The van der Waals surface area contributed by atoms with Crippen molar-refractivity contribution in [2.24, 2.45) is 0 Å². The van der Waals surface area contributed by atoms with E-state index in [4.69, 9.17) is 9.15 Å². The van der Waals surface area contributed by atoms with E-state index in [0.717, 1.165) is 11.1 Å². The molecule has 0 N–H and O–H groups in total. The molecule has 25 heavy (non-hydrogen) atoms. The highest BCUT2D eigenvalue weighted by molar-refractivity contribution is 9.10. The van der Waals surface area contributed by atoms with Gasteiger partial charge in [-0.15, -0.1) is 10.2 Å². The maximum Gasteiger partial charge on any atom is 0.340 e. The number of rotatable bonds is 4. The lowest BCUT2D eigenvalue weighted by Crippen LogP contribution is -2.10. The van der Waals surface area contributed by atoms with Crippen LogP contribution in [0.5, 0.6) is 0 Å². The molecular weight excluding hydrogens is 391 g/mol. The van der Waals surface area contributed by atoms with Gasteiger partial charge in [0, 0.05) is 10.0 Å². The first-order chi connectivity index (χ1) is 11.9. The molecule has 128 valence electrons. The van der Waals surface area contributed by atoms with Crippen LogP contribution < -0.4 is 0 Å². The van der Waals surface area contributed by atoms with Gasteiger partial charge >= 0.3 is 5.97 Å². The second-order valence-electron chi connectivity index (χ2n) is 5.48. The number of hydrogen-bond acceptors (Lipinski definition) is 5. The minimum atomic E-state index is -0.740. The summed E-state index contributed by atoms with van der Waals surface area (Å²) >= 11 is 3.14. The van der Waals surface area contributed by atoms with Crippen LogP contribution >= 0.6 is 15.9 Å². The topological polar surface area (TPSA) is 65.2 Å². The Morgan fingerprint density at radius 1 is 1.20 bits per heavy atom. The quantitative estimate of drug-likeness (QED) is 0.580. The molecule has 2 aromatic carbocycles. The van der Waals surface area contributed by atoms with Crippen molar-refractivity contribution in [3.05, 3.63) is 69.8 Å². The van der Waals surface area contributed by atoms with Crippen LogP contribution in [0.2, 0.25) is 0 Å². The van der Waals surface area contributed by atoms with E-state index in [9.17, 15) is 9.18 Å². The Hall–Kier alpha value is -2.54. The Balaban J connectivity index is 1.74. The van der Waals surface area contributed by atoms with Gasteiger partial charge in [-0.05, 0) is 60.1 Å². The van der Waals surface area contributed by atoms with E-state index in [-0.39, 0.29) is 11.5 Å². The summed E-state index contributed by atoms with van der Waals surface area (Å²) in [4.78, 5) is 12.2. The number of esters is 1. The lowest BCUT2D eigenvalue weighted by Gasteiger charge is -2.10. The van der Waals surface area contributed by atoms with Crippen molar-refractivity contribution >= 4 is 21.9 Å². The van der Waals surface area contributed by atoms with E-state index in [0.29, 0.717) is 10.4 Å². The Labute approximate surface area is 152 Å². The third-order valence-corrected chi connectivity index (χ3v) is 4.18. The van der Waals surface area contributed by atoms with Crippen LogP contribution in [-0.2, 0) is 4.74 Å². The molecule has 0 amide bonds. The number of benzene rings is 2. The number of nitrogens with zero attached hydrogens (tertiary/aromatic N) is 2. The zero-order valence-corrected chi connectivity index (χ0v) is 15.1. The lowest BCUT2D eigenvalue weighted by molar-refractivity contribution is 0.0278.